The van der Waals surface area contributed by atoms with E-state index in [1.54, 1.807) is 6.33 Å². The van der Waals surface area contributed by atoms with Crippen molar-refractivity contribution in [3.8, 4) is 0 Å². The molecule has 1 aromatic heterocycles. The Balaban J connectivity index is 1.41. The second kappa shape index (κ2) is 6.60. The average molecular weight is 295 g/mol. The molecular weight excluding hydrogens is 274 g/mol. The third-order valence-corrected chi connectivity index (χ3v) is 4.82. The normalized spacial score (nSPS) is 23.3. The Bertz CT molecular complexity index is 457. The van der Waals surface area contributed by atoms with E-state index in [1.807, 2.05) is 11.8 Å². The number of rotatable bonds is 4. The van der Waals surface area contributed by atoms with Crippen LogP contribution in [-0.4, -0.2) is 64.5 Å². The van der Waals surface area contributed by atoms with Crippen LogP contribution in [0.15, 0.2) is 6.33 Å². The van der Waals surface area contributed by atoms with Gasteiger partial charge in [0.25, 0.3) is 0 Å². The fourth-order valence-electron chi connectivity index (χ4n) is 2.64. The quantitative estimate of drug-likeness (QED) is 0.704. The van der Waals surface area contributed by atoms with E-state index in [0.29, 0.717) is 13.0 Å². The molecule has 110 valence electrons. The lowest BCUT2D eigenvalue weighted by Crippen LogP contribution is -2.49. The highest BCUT2D eigenvalue weighted by Gasteiger charge is 2.25. The number of fused-ring (bicyclic) bond motifs is 1. The molecule has 6 nitrogen and oxygen atoms in total. The maximum Gasteiger partial charge on any atom is 0.237 e. The van der Waals surface area contributed by atoms with E-state index in [4.69, 9.17) is 0 Å². The van der Waals surface area contributed by atoms with Crippen molar-refractivity contribution in [1.29, 1.82) is 0 Å². The first-order valence-electron chi connectivity index (χ1n) is 7.15. The molecule has 0 saturated carbocycles. The average Bonchev–Trinajstić information content (AvgIpc) is 2.95. The SMILES string of the molecule is O=C(NCCN1CCSCC1)C1Cc2nc[nH]c2CN1. The Morgan fingerprint density at radius 1 is 1.50 bits per heavy atom. The monoisotopic (exact) mass is 295 g/mol. The molecule has 1 saturated heterocycles. The van der Waals surface area contributed by atoms with Gasteiger partial charge in [0.2, 0.25) is 5.91 Å². The van der Waals surface area contributed by atoms with Crippen LogP contribution in [0.3, 0.4) is 0 Å². The number of aromatic amines is 1. The van der Waals surface area contributed by atoms with Gasteiger partial charge in [-0.3, -0.25) is 15.0 Å². The number of carbonyl (C=O) groups is 1. The number of nitrogens with one attached hydrogen (secondary N) is 3. The van der Waals surface area contributed by atoms with Gasteiger partial charge in [0.15, 0.2) is 0 Å². The van der Waals surface area contributed by atoms with Gasteiger partial charge in [0.1, 0.15) is 0 Å². The highest BCUT2D eigenvalue weighted by atomic mass is 32.2. The number of imidazole rings is 1. The minimum atomic E-state index is -0.150. The maximum absolute atomic E-state index is 12.1. The van der Waals surface area contributed by atoms with Crippen molar-refractivity contribution in [2.45, 2.75) is 19.0 Å². The first-order valence-corrected chi connectivity index (χ1v) is 8.31. The smallest absolute Gasteiger partial charge is 0.237 e. The molecule has 0 radical (unpaired) electrons. The fraction of sp³-hybridized carbons (Fsp3) is 0.692. The van der Waals surface area contributed by atoms with E-state index < -0.39 is 0 Å². The third-order valence-electron chi connectivity index (χ3n) is 3.88. The molecule has 1 fully saturated rings. The molecule has 0 spiro atoms. The summed E-state index contributed by atoms with van der Waals surface area (Å²) >= 11 is 2.01. The van der Waals surface area contributed by atoms with Crippen molar-refractivity contribution in [2.24, 2.45) is 0 Å². The van der Waals surface area contributed by atoms with Crippen molar-refractivity contribution in [3.05, 3.63) is 17.7 Å². The molecule has 1 atom stereocenters. The Kier molecular flexibility index (Phi) is 4.59. The van der Waals surface area contributed by atoms with Gasteiger partial charge in [-0.25, -0.2) is 4.98 Å². The van der Waals surface area contributed by atoms with Crippen LogP contribution in [0.5, 0.6) is 0 Å². The van der Waals surface area contributed by atoms with Crippen LogP contribution in [0.25, 0.3) is 0 Å². The summed E-state index contributed by atoms with van der Waals surface area (Å²) in [7, 11) is 0. The predicted molar refractivity (Wildman–Crippen MR) is 79.7 cm³/mol. The van der Waals surface area contributed by atoms with Crippen LogP contribution >= 0.6 is 11.8 Å². The number of H-pyrrole nitrogens is 1. The van der Waals surface area contributed by atoms with Gasteiger partial charge in [0.05, 0.1) is 23.8 Å². The first-order chi connectivity index (χ1) is 9.83. The van der Waals surface area contributed by atoms with Crippen LogP contribution in [-0.2, 0) is 17.8 Å². The summed E-state index contributed by atoms with van der Waals surface area (Å²) < 4.78 is 0. The number of hydrogen-bond donors (Lipinski definition) is 3. The molecular formula is C13H21N5OS. The van der Waals surface area contributed by atoms with Crippen LogP contribution in [0, 0.1) is 0 Å². The van der Waals surface area contributed by atoms with Gasteiger partial charge >= 0.3 is 0 Å². The molecule has 0 aliphatic carbocycles. The van der Waals surface area contributed by atoms with Crippen LogP contribution in [0.4, 0.5) is 0 Å². The highest BCUT2D eigenvalue weighted by Crippen LogP contribution is 2.12. The van der Waals surface area contributed by atoms with Gasteiger partial charge in [-0.1, -0.05) is 0 Å². The lowest BCUT2D eigenvalue weighted by Gasteiger charge is -2.27. The molecule has 2 aliphatic heterocycles. The summed E-state index contributed by atoms with van der Waals surface area (Å²) in [6, 6.07) is -0.150. The van der Waals surface area contributed by atoms with Crippen molar-refractivity contribution in [2.75, 3.05) is 37.7 Å². The predicted octanol–water partition coefficient (Wildman–Crippen LogP) is -0.411. The minimum Gasteiger partial charge on any atom is -0.353 e. The number of nitrogens with zero attached hydrogens (tertiary/aromatic N) is 2. The molecule has 3 heterocycles. The topological polar surface area (TPSA) is 73.0 Å². The van der Waals surface area contributed by atoms with E-state index in [1.165, 1.54) is 11.5 Å². The summed E-state index contributed by atoms with van der Waals surface area (Å²) in [6.45, 7) is 4.65. The van der Waals surface area contributed by atoms with Crippen molar-refractivity contribution < 1.29 is 4.79 Å². The van der Waals surface area contributed by atoms with E-state index in [9.17, 15) is 4.79 Å². The maximum atomic E-state index is 12.1. The third kappa shape index (κ3) is 3.34. The molecule has 20 heavy (non-hydrogen) atoms. The number of thioether (sulfide) groups is 1. The molecule has 3 rings (SSSR count). The van der Waals surface area contributed by atoms with Crippen molar-refractivity contribution >= 4 is 17.7 Å². The van der Waals surface area contributed by atoms with Gasteiger partial charge in [0, 0.05) is 50.7 Å². The molecule has 0 bridgehead atoms. The van der Waals surface area contributed by atoms with E-state index >= 15 is 0 Å². The zero-order valence-corrected chi connectivity index (χ0v) is 12.3. The molecule has 3 N–H and O–H groups in total. The second-order valence-corrected chi connectivity index (χ2v) is 6.44. The first kappa shape index (κ1) is 13.9. The zero-order valence-electron chi connectivity index (χ0n) is 11.5. The highest BCUT2D eigenvalue weighted by molar-refractivity contribution is 7.99. The fourth-order valence-corrected chi connectivity index (χ4v) is 3.62. The lowest BCUT2D eigenvalue weighted by atomic mass is 10.0. The van der Waals surface area contributed by atoms with Crippen LogP contribution in [0.1, 0.15) is 11.4 Å². The largest absolute Gasteiger partial charge is 0.353 e. The number of hydrogen-bond acceptors (Lipinski definition) is 5. The molecule has 0 aromatic carbocycles. The van der Waals surface area contributed by atoms with Crippen molar-refractivity contribution in [3.63, 3.8) is 0 Å². The summed E-state index contributed by atoms with van der Waals surface area (Å²) in [5, 5.41) is 6.28. The minimum absolute atomic E-state index is 0.0880. The number of amides is 1. The van der Waals surface area contributed by atoms with Crippen LogP contribution in [0.2, 0.25) is 0 Å². The summed E-state index contributed by atoms with van der Waals surface area (Å²) in [6.07, 6.45) is 2.37. The Labute approximate surface area is 123 Å². The Morgan fingerprint density at radius 3 is 3.20 bits per heavy atom. The molecule has 1 amide bonds. The summed E-state index contributed by atoms with van der Waals surface area (Å²) in [5.41, 5.74) is 2.11. The molecule has 1 aromatic rings. The summed E-state index contributed by atoms with van der Waals surface area (Å²) in [5.74, 6) is 2.50. The van der Waals surface area contributed by atoms with Gasteiger partial charge < -0.3 is 10.3 Å². The molecule has 7 heteroatoms. The number of carbonyl (C=O) groups excluding carboxylic acids is 1. The van der Waals surface area contributed by atoms with Gasteiger partial charge in [-0.2, -0.15) is 11.8 Å². The van der Waals surface area contributed by atoms with E-state index in [-0.39, 0.29) is 11.9 Å². The molecule has 1 unspecified atom stereocenters. The molecule has 2 aliphatic rings. The Hall–Kier alpha value is -1.05. The lowest BCUT2D eigenvalue weighted by molar-refractivity contribution is -0.123. The summed E-state index contributed by atoms with van der Waals surface area (Å²) in [4.78, 5) is 21.9. The van der Waals surface area contributed by atoms with Gasteiger partial charge in [-0.05, 0) is 0 Å². The standard InChI is InChI=1S/C13H21N5OS/c19-13(14-1-2-18-3-5-20-6-4-18)11-7-10-12(8-15-11)17-9-16-10/h9,11,15H,1-8H2,(H,14,19)(H,16,17). The zero-order chi connectivity index (χ0) is 13.8. The number of aromatic nitrogens is 2. The van der Waals surface area contributed by atoms with E-state index in [2.05, 4.69) is 25.5 Å². The Morgan fingerprint density at radius 2 is 2.35 bits per heavy atom. The van der Waals surface area contributed by atoms with Gasteiger partial charge in [-0.15, -0.1) is 0 Å². The van der Waals surface area contributed by atoms with E-state index in [0.717, 1.165) is 37.6 Å². The van der Waals surface area contributed by atoms with Crippen LogP contribution < -0.4 is 10.6 Å². The van der Waals surface area contributed by atoms with Crippen molar-refractivity contribution in [1.82, 2.24) is 25.5 Å². The second-order valence-electron chi connectivity index (χ2n) is 5.21.